The number of ether oxygens (including phenoxy) is 4. The number of guanidine groups is 1. The van der Waals surface area contributed by atoms with E-state index in [9.17, 15) is 13.2 Å². The molecule has 172 valence electrons. The molecule has 3 rings (SSSR count). The molecule has 0 fully saturated rings. The summed E-state index contributed by atoms with van der Waals surface area (Å²) in [6, 6.07) is 5.92. The van der Waals surface area contributed by atoms with Crippen molar-refractivity contribution in [2.45, 2.75) is 11.8 Å². The molecule has 0 saturated carbocycles. The van der Waals surface area contributed by atoms with Crippen molar-refractivity contribution in [3.63, 3.8) is 0 Å². The van der Waals surface area contributed by atoms with E-state index in [1.54, 1.807) is 12.1 Å². The van der Waals surface area contributed by atoms with Gasteiger partial charge in [0.25, 0.3) is 0 Å². The molecule has 12 heteroatoms. The minimum absolute atomic E-state index is 0.0209. The summed E-state index contributed by atoms with van der Waals surface area (Å²) in [5, 5.41) is 5.38. The number of nitrogens with zero attached hydrogens (tertiary/aromatic N) is 2. The molecule has 0 radical (unpaired) electrons. The molecule has 1 atom stereocenters. The van der Waals surface area contributed by atoms with Gasteiger partial charge in [0.05, 0.1) is 34.0 Å². The third kappa shape index (κ3) is 4.35. The van der Waals surface area contributed by atoms with Gasteiger partial charge >= 0.3 is 6.18 Å². The lowest BCUT2D eigenvalue weighted by Crippen LogP contribution is -2.49. The fraction of sp³-hybridized carbons (Fsp3) is 0.300. The molecule has 32 heavy (non-hydrogen) atoms. The molecule has 1 aliphatic rings. The van der Waals surface area contributed by atoms with Gasteiger partial charge in [0.2, 0.25) is 17.6 Å². The summed E-state index contributed by atoms with van der Waals surface area (Å²) in [6.07, 6.45) is -2.80. The Hall–Kier alpha value is -3.67. The van der Waals surface area contributed by atoms with E-state index in [0.717, 1.165) is 6.20 Å². The molecule has 0 saturated heterocycles. The monoisotopic (exact) mass is 453 g/mol. The molecule has 1 unspecified atom stereocenters. The van der Waals surface area contributed by atoms with Gasteiger partial charge in [0.15, 0.2) is 17.2 Å². The number of alkyl halides is 3. The second-order valence-corrected chi connectivity index (χ2v) is 6.56. The highest BCUT2D eigenvalue weighted by molar-refractivity contribution is 5.96. The van der Waals surface area contributed by atoms with Gasteiger partial charge in [0.1, 0.15) is 0 Å². The van der Waals surface area contributed by atoms with Crippen LogP contribution in [0, 0.1) is 0 Å². The second kappa shape index (κ2) is 8.83. The topological polar surface area (TPSA) is 112 Å². The smallest absolute Gasteiger partial charge is 0.418 e. The van der Waals surface area contributed by atoms with E-state index in [-0.39, 0.29) is 17.4 Å². The summed E-state index contributed by atoms with van der Waals surface area (Å²) in [5.41, 5.74) is 3.28. The highest BCUT2D eigenvalue weighted by atomic mass is 19.4. The fourth-order valence-electron chi connectivity index (χ4n) is 3.12. The Balaban J connectivity index is 2.03. The number of nitrogens with two attached hydrogens (primary N) is 1. The van der Waals surface area contributed by atoms with Crippen molar-refractivity contribution in [2.75, 3.05) is 33.8 Å². The molecule has 2 aromatic rings. The zero-order valence-electron chi connectivity index (χ0n) is 17.7. The summed E-state index contributed by atoms with van der Waals surface area (Å²) in [5.74, 6) is 1.23. The average Bonchev–Trinajstić information content (AvgIpc) is 2.77. The normalized spacial score (nSPS) is 18.1. The van der Waals surface area contributed by atoms with Gasteiger partial charge in [-0.2, -0.15) is 13.2 Å². The van der Waals surface area contributed by atoms with Crippen LogP contribution < -0.4 is 35.3 Å². The molecular weight excluding hydrogens is 431 g/mol. The lowest BCUT2D eigenvalue weighted by molar-refractivity contribution is -0.102. The van der Waals surface area contributed by atoms with Gasteiger partial charge in [-0.25, -0.2) is 9.98 Å². The van der Waals surface area contributed by atoms with Gasteiger partial charge in [-0.1, -0.05) is 0 Å². The summed E-state index contributed by atoms with van der Waals surface area (Å²) < 4.78 is 62.0. The summed E-state index contributed by atoms with van der Waals surface area (Å²) in [6.45, 7) is 0. The molecule has 9 nitrogen and oxygen atoms in total. The first-order chi connectivity index (χ1) is 15.2. The van der Waals surface area contributed by atoms with Crippen molar-refractivity contribution < 1.29 is 32.1 Å². The Morgan fingerprint density at radius 2 is 1.66 bits per heavy atom. The number of rotatable bonds is 6. The zero-order valence-corrected chi connectivity index (χ0v) is 17.7. The number of hydrogen-bond acceptors (Lipinski definition) is 9. The quantitative estimate of drug-likeness (QED) is 0.612. The van der Waals surface area contributed by atoms with Crippen LogP contribution in [-0.4, -0.2) is 45.6 Å². The van der Waals surface area contributed by atoms with Crippen LogP contribution in [0.15, 0.2) is 47.2 Å². The van der Waals surface area contributed by atoms with Crippen LogP contribution in [0.3, 0.4) is 0 Å². The minimum Gasteiger partial charge on any atom is -0.493 e. The van der Waals surface area contributed by atoms with Crippen LogP contribution in [0.5, 0.6) is 23.1 Å². The molecule has 4 N–H and O–H groups in total. The molecule has 2 heterocycles. The number of pyridine rings is 1. The predicted molar refractivity (Wildman–Crippen MR) is 111 cm³/mol. The first-order valence-corrected chi connectivity index (χ1v) is 9.17. The maximum absolute atomic E-state index is 13.7. The summed E-state index contributed by atoms with van der Waals surface area (Å²) in [4.78, 5) is 8.08. The standard InChI is InChI=1S/C20H22F3N5O4/c1-29-13-7-12(8-14(30-2)17(13)32-4)27-18-26-10-15(20(21,22)23)19(24,28-18)11-5-6-16(31-3)25-9-11/h5-10H,24H2,1-4H3,(H2,26,27,28). The lowest BCUT2D eigenvalue weighted by Gasteiger charge is -2.33. The molecule has 1 aliphatic heterocycles. The Labute approximate surface area is 182 Å². The molecule has 0 amide bonds. The number of aromatic nitrogens is 1. The van der Waals surface area contributed by atoms with Crippen LogP contribution in [0.2, 0.25) is 0 Å². The Kier molecular flexibility index (Phi) is 6.35. The number of benzene rings is 1. The maximum Gasteiger partial charge on any atom is 0.418 e. The van der Waals surface area contributed by atoms with Crippen LogP contribution in [0.4, 0.5) is 18.9 Å². The van der Waals surface area contributed by atoms with Crippen LogP contribution in [-0.2, 0) is 5.66 Å². The van der Waals surface area contributed by atoms with Gasteiger partial charge in [-0.15, -0.1) is 0 Å². The molecule has 0 bridgehead atoms. The van der Waals surface area contributed by atoms with Crippen molar-refractivity contribution in [3.8, 4) is 23.1 Å². The third-order valence-electron chi connectivity index (χ3n) is 4.67. The summed E-state index contributed by atoms with van der Waals surface area (Å²) in [7, 11) is 5.73. The number of methoxy groups -OCH3 is 4. The Morgan fingerprint density at radius 1 is 1.00 bits per heavy atom. The van der Waals surface area contributed by atoms with Crippen molar-refractivity contribution in [1.29, 1.82) is 0 Å². The van der Waals surface area contributed by atoms with Crippen molar-refractivity contribution >= 4 is 11.6 Å². The van der Waals surface area contributed by atoms with E-state index in [1.165, 1.54) is 46.8 Å². The summed E-state index contributed by atoms with van der Waals surface area (Å²) >= 11 is 0. The van der Waals surface area contributed by atoms with E-state index in [0.29, 0.717) is 22.9 Å². The molecule has 1 aromatic heterocycles. The SMILES string of the molecule is COc1ccc(C2(N)N=C(Nc3cc(OC)c(OC)c(OC)c3)NC=C2C(F)(F)F)cn1. The zero-order chi connectivity index (χ0) is 23.5. The fourth-order valence-corrected chi connectivity index (χ4v) is 3.12. The Morgan fingerprint density at radius 3 is 2.12 bits per heavy atom. The third-order valence-corrected chi connectivity index (χ3v) is 4.67. The van der Waals surface area contributed by atoms with E-state index >= 15 is 0 Å². The van der Waals surface area contributed by atoms with Crippen molar-refractivity contribution in [1.82, 2.24) is 10.3 Å². The van der Waals surface area contributed by atoms with Crippen LogP contribution in [0.1, 0.15) is 5.56 Å². The maximum atomic E-state index is 13.7. The number of aliphatic imine (C=N–C) groups is 1. The number of nitrogens with one attached hydrogen (secondary N) is 2. The molecular formula is C20H22F3N5O4. The van der Waals surface area contributed by atoms with Gasteiger partial charge in [0, 0.05) is 41.8 Å². The number of anilines is 1. The molecule has 0 spiro atoms. The van der Waals surface area contributed by atoms with Crippen LogP contribution in [0.25, 0.3) is 0 Å². The van der Waals surface area contributed by atoms with Crippen molar-refractivity contribution in [2.24, 2.45) is 10.7 Å². The predicted octanol–water partition coefficient (Wildman–Crippen LogP) is 2.75. The first-order valence-electron chi connectivity index (χ1n) is 9.17. The van der Waals surface area contributed by atoms with Gasteiger partial charge < -0.3 is 29.6 Å². The average molecular weight is 453 g/mol. The van der Waals surface area contributed by atoms with E-state index in [2.05, 4.69) is 20.6 Å². The molecule has 0 aliphatic carbocycles. The number of halogens is 3. The Bertz CT molecular complexity index is 1020. The molecule has 1 aromatic carbocycles. The lowest BCUT2D eigenvalue weighted by atomic mass is 9.92. The van der Waals surface area contributed by atoms with Crippen molar-refractivity contribution in [3.05, 3.63) is 47.8 Å². The second-order valence-electron chi connectivity index (χ2n) is 6.56. The minimum atomic E-state index is -4.75. The van der Waals surface area contributed by atoms with Crippen LogP contribution >= 0.6 is 0 Å². The van der Waals surface area contributed by atoms with E-state index < -0.39 is 17.4 Å². The first kappa shape index (κ1) is 23.0. The van der Waals surface area contributed by atoms with E-state index in [1.807, 2.05) is 0 Å². The largest absolute Gasteiger partial charge is 0.493 e. The van der Waals surface area contributed by atoms with E-state index in [4.69, 9.17) is 24.7 Å². The highest BCUT2D eigenvalue weighted by Gasteiger charge is 2.49. The highest BCUT2D eigenvalue weighted by Crippen LogP contribution is 2.42. The number of hydrogen-bond donors (Lipinski definition) is 3. The van der Waals surface area contributed by atoms with Gasteiger partial charge in [-0.05, 0) is 6.07 Å². The van der Waals surface area contributed by atoms with Gasteiger partial charge in [-0.3, -0.25) is 5.73 Å².